The summed E-state index contributed by atoms with van der Waals surface area (Å²) in [4.78, 5) is 46.0. The van der Waals surface area contributed by atoms with E-state index in [1.165, 1.54) is 52.7 Å². The Kier molecular flexibility index (Phi) is 12.2. The van der Waals surface area contributed by atoms with E-state index in [9.17, 15) is 18.6 Å². The van der Waals surface area contributed by atoms with Gasteiger partial charge < -0.3 is 19.7 Å². The summed E-state index contributed by atoms with van der Waals surface area (Å²) in [5.74, 6) is -2.98. The van der Waals surface area contributed by atoms with Crippen LogP contribution in [0, 0.1) is 0 Å². The van der Waals surface area contributed by atoms with Gasteiger partial charge in [0.25, 0.3) is 0 Å². The Morgan fingerprint density at radius 1 is 0.809 bits per heavy atom. The van der Waals surface area contributed by atoms with Crippen LogP contribution in [0.15, 0.2) is 76.0 Å². The van der Waals surface area contributed by atoms with E-state index in [4.69, 9.17) is 32.7 Å². The van der Waals surface area contributed by atoms with E-state index >= 15 is 0 Å². The second kappa shape index (κ2) is 16.3. The van der Waals surface area contributed by atoms with Gasteiger partial charge in [0.2, 0.25) is 5.91 Å². The van der Waals surface area contributed by atoms with Crippen LogP contribution in [-0.4, -0.2) is 84.0 Å². The first-order chi connectivity index (χ1) is 22.7. The smallest absolute Gasteiger partial charge is 0.336 e. The Balaban J connectivity index is 1.52. The quantitative estimate of drug-likeness (QED) is 0.266. The van der Waals surface area contributed by atoms with Crippen LogP contribution in [-0.2, 0) is 34.7 Å². The molecule has 2 aromatic carbocycles. The van der Waals surface area contributed by atoms with Gasteiger partial charge in [0.05, 0.1) is 54.3 Å². The second-order valence-corrected chi connectivity index (χ2v) is 14.3. The standard InChI is InChI=1S/C35H41Cl2N3O6S/c1-45-34(42)31-27(21-29(41)40-19-17-39(18-20-40)23-11-6-3-4-7-12-23)38-28(22-47(44)24-13-8-5-9-14-24)32(35(43)46-2)33(31)30-25(36)15-10-16-26(30)37/h5,8-10,13-16,23,33,38H,3-4,6-7,11-12,17-22H2,1-2H3. The van der Waals surface area contributed by atoms with Gasteiger partial charge in [0, 0.05) is 64.1 Å². The number of piperazine rings is 1. The molecule has 2 heterocycles. The molecule has 3 aliphatic rings. The molecule has 252 valence electrons. The number of carbonyl (C=O) groups excluding carboxylic acids is 3. The molecule has 2 aromatic rings. The fourth-order valence-electron chi connectivity index (χ4n) is 6.85. The van der Waals surface area contributed by atoms with Gasteiger partial charge in [0.1, 0.15) is 0 Å². The van der Waals surface area contributed by atoms with Gasteiger partial charge in [-0.2, -0.15) is 0 Å². The predicted molar refractivity (Wildman–Crippen MR) is 182 cm³/mol. The predicted octanol–water partition coefficient (Wildman–Crippen LogP) is 5.60. The fourth-order valence-corrected chi connectivity index (χ4v) is 8.58. The molecule has 5 rings (SSSR count). The first kappa shape index (κ1) is 35.1. The molecule has 12 heteroatoms. The zero-order valence-corrected chi connectivity index (χ0v) is 29.1. The molecule has 2 unspecified atom stereocenters. The minimum atomic E-state index is -1.60. The van der Waals surface area contributed by atoms with E-state index in [0.717, 1.165) is 13.1 Å². The topological polar surface area (TPSA) is 105 Å². The fraction of sp³-hybridized carbons (Fsp3) is 0.457. The molecule has 0 bridgehead atoms. The molecule has 1 N–H and O–H groups in total. The first-order valence-electron chi connectivity index (χ1n) is 16.0. The number of rotatable bonds is 9. The van der Waals surface area contributed by atoms with E-state index in [0.29, 0.717) is 24.0 Å². The number of hydrogen-bond acceptors (Lipinski definition) is 8. The van der Waals surface area contributed by atoms with Crippen molar-refractivity contribution in [3.63, 3.8) is 0 Å². The average Bonchev–Trinajstić information content (AvgIpc) is 3.38. The Hall–Kier alpha value is -3.18. The van der Waals surface area contributed by atoms with Gasteiger partial charge in [-0.25, -0.2) is 9.59 Å². The van der Waals surface area contributed by atoms with Crippen molar-refractivity contribution in [1.82, 2.24) is 15.1 Å². The molecular weight excluding hydrogens is 661 g/mol. The highest BCUT2D eigenvalue weighted by atomic mass is 35.5. The van der Waals surface area contributed by atoms with Crippen molar-refractivity contribution in [2.75, 3.05) is 46.2 Å². The van der Waals surface area contributed by atoms with Crippen LogP contribution < -0.4 is 5.32 Å². The number of hydrogen-bond donors (Lipinski definition) is 1. The summed E-state index contributed by atoms with van der Waals surface area (Å²) in [5.41, 5.74) is 0.793. The number of methoxy groups -OCH3 is 2. The summed E-state index contributed by atoms with van der Waals surface area (Å²) in [5, 5.41) is 3.59. The summed E-state index contributed by atoms with van der Waals surface area (Å²) in [7, 11) is 0.855. The van der Waals surface area contributed by atoms with E-state index in [1.54, 1.807) is 42.5 Å². The maximum atomic E-state index is 13.9. The molecule has 2 atom stereocenters. The molecule has 2 fully saturated rings. The summed E-state index contributed by atoms with van der Waals surface area (Å²) in [6.07, 6.45) is 7.27. The van der Waals surface area contributed by atoms with Gasteiger partial charge in [-0.15, -0.1) is 0 Å². The van der Waals surface area contributed by atoms with E-state index in [2.05, 4.69) is 10.2 Å². The van der Waals surface area contributed by atoms with E-state index in [-0.39, 0.29) is 56.2 Å². The van der Waals surface area contributed by atoms with Gasteiger partial charge in [-0.3, -0.25) is 13.9 Å². The van der Waals surface area contributed by atoms with Crippen molar-refractivity contribution in [2.24, 2.45) is 0 Å². The molecule has 0 radical (unpaired) electrons. The molecular formula is C35H41Cl2N3O6S. The normalized spacial score (nSPS) is 20.3. The molecule has 47 heavy (non-hydrogen) atoms. The first-order valence-corrected chi connectivity index (χ1v) is 18.1. The maximum Gasteiger partial charge on any atom is 0.336 e. The Morgan fingerprint density at radius 3 is 1.96 bits per heavy atom. The van der Waals surface area contributed by atoms with Crippen molar-refractivity contribution in [3.8, 4) is 0 Å². The average molecular weight is 703 g/mol. The molecule has 1 amide bonds. The Bertz CT molecular complexity index is 1540. The van der Waals surface area contributed by atoms with Crippen molar-refractivity contribution >= 4 is 51.8 Å². The van der Waals surface area contributed by atoms with Crippen LogP contribution in [0.3, 0.4) is 0 Å². The molecule has 1 saturated heterocycles. The van der Waals surface area contributed by atoms with Crippen LogP contribution in [0.2, 0.25) is 10.0 Å². The van der Waals surface area contributed by atoms with Crippen LogP contribution in [0.25, 0.3) is 0 Å². The summed E-state index contributed by atoms with van der Waals surface area (Å²) < 4.78 is 24.1. The summed E-state index contributed by atoms with van der Waals surface area (Å²) >= 11 is 13.4. The number of halogens is 2. The number of nitrogens with zero attached hydrogens (tertiary/aromatic N) is 2. The lowest BCUT2D eigenvalue weighted by molar-refractivity contribution is -0.137. The largest absolute Gasteiger partial charge is 0.466 e. The van der Waals surface area contributed by atoms with Crippen molar-refractivity contribution in [3.05, 3.63) is 86.7 Å². The molecule has 1 aliphatic carbocycles. The molecule has 9 nitrogen and oxygen atoms in total. The van der Waals surface area contributed by atoms with E-state index in [1.807, 2.05) is 11.0 Å². The van der Waals surface area contributed by atoms with Gasteiger partial charge in [-0.05, 0) is 37.1 Å². The number of dihydropyridines is 1. The van der Waals surface area contributed by atoms with Crippen LogP contribution >= 0.6 is 23.2 Å². The Morgan fingerprint density at radius 2 is 1.38 bits per heavy atom. The number of amides is 1. The van der Waals surface area contributed by atoms with Crippen molar-refractivity contribution in [1.29, 1.82) is 0 Å². The minimum absolute atomic E-state index is 0.0143. The third-order valence-corrected chi connectivity index (χ3v) is 11.3. The maximum absolute atomic E-state index is 13.9. The number of ether oxygens (including phenoxy) is 2. The highest BCUT2D eigenvalue weighted by Crippen LogP contribution is 2.45. The lowest BCUT2D eigenvalue weighted by Gasteiger charge is -2.39. The molecule has 0 aromatic heterocycles. The van der Waals surface area contributed by atoms with Crippen LogP contribution in [0.4, 0.5) is 0 Å². The zero-order valence-electron chi connectivity index (χ0n) is 26.8. The monoisotopic (exact) mass is 701 g/mol. The van der Waals surface area contributed by atoms with Crippen LogP contribution in [0.1, 0.15) is 56.4 Å². The number of carbonyl (C=O) groups is 3. The highest BCUT2D eigenvalue weighted by Gasteiger charge is 2.42. The van der Waals surface area contributed by atoms with Crippen LogP contribution in [0.5, 0.6) is 0 Å². The van der Waals surface area contributed by atoms with Gasteiger partial charge in [0.15, 0.2) is 0 Å². The van der Waals surface area contributed by atoms with Crippen molar-refractivity contribution < 1.29 is 28.1 Å². The number of nitrogens with one attached hydrogen (secondary N) is 1. The van der Waals surface area contributed by atoms with Gasteiger partial charge >= 0.3 is 11.9 Å². The SMILES string of the molecule is COC(=O)C1=C(CC(=O)N2CCN(C3CCCCCC3)CC2)NC(CS(=O)c2ccccc2)=C(C(=O)OC)C1c1c(Cl)cccc1Cl. The lowest BCUT2D eigenvalue weighted by Crippen LogP contribution is -2.52. The second-order valence-electron chi connectivity index (χ2n) is 12.0. The summed E-state index contributed by atoms with van der Waals surface area (Å²) in [6.45, 7) is 2.73. The molecule has 2 aliphatic heterocycles. The zero-order chi connectivity index (χ0) is 33.5. The molecule has 0 spiro atoms. The highest BCUT2D eigenvalue weighted by molar-refractivity contribution is 7.85. The minimum Gasteiger partial charge on any atom is -0.466 e. The van der Waals surface area contributed by atoms with Crippen molar-refractivity contribution in [2.45, 2.75) is 61.8 Å². The third-order valence-electron chi connectivity index (χ3n) is 9.25. The molecule has 1 saturated carbocycles. The number of esters is 2. The number of benzene rings is 2. The van der Waals surface area contributed by atoms with Gasteiger partial charge in [-0.1, -0.05) is 73.2 Å². The Labute approximate surface area is 288 Å². The lowest BCUT2D eigenvalue weighted by atomic mass is 9.79. The third kappa shape index (κ3) is 8.11. The van der Waals surface area contributed by atoms with E-state index < -0.39 is 28.7 Å². The summed E-state index contributed by atoms with van der Waals surface area (Å²) in [6, 6.07) is 14.3.